The predicted molar refractivity (Wildman–Crippen MR) is 59.5 cm³/mol. The molecule has 0 aromatic carbocycles. The van der Waals surface area contributed by atoms with Crippen LogP contribution in [-0.4, -0.2) is 36.3 Å². The van der Waals surface area contributed by atoms with Crippen LogP contribution in [0.4, 0.5) is 4.79 Å². The lowest BCUT2D eigenvalue weighted by Gasteiger charge is -2.16. The number of hydrogen-bond acceptors (Lipinski definition) is 7. The van der Waals surface area contributed by atoms with Gasteiger partial charge in [0.15, 0.2) is 6.10 Å². The van der Waals surface area contributed by atoms with Crippen molar-refractivity contribution in [3.63, 3.8) is 0 Å². The van der Waals surface area contributed by atoms with E-state index in [9.17, 15) is 19.2 Å². The third kappa shape index (κ3) is 4.57. The Balaban J connectivity index is 2.37. The minimum atomic E-state index is -1.20. The molecule has 8 nitrogen and oxygen atoms in total. The highest BCUT2D eigenvalue weighted by atomic mass is 16.8. The standard InChI is InChI=1S/C11H15NO7/c1-5(2)10(15)17-6(3)18-11(16)19-7-4-8(13)12-9(7)14/h5-7H,4H2,1-3H3,(H,12,13,14)/t6-,7?/m1/s1. The predicted octanol–water partition coefficient (Wildman–Crippen LogP) is 0.0999. The Bertz CT molecular complexity index is 404. The van der Waals surface area contributed by atoms with Gasteiger partial charge in [-0.1, -0.05) is 13.8 Å². The Morgan fingerprint density at radius 1 is 1.21 bits per heavy atom. The van der Waals surface area contributed by atoms with Gasteiger partial charge < -0.3 is 14.2 Å². The number of hydrogen-bond donors (Lipinski definition) is 1. The smallest absolute Gasteiger partial charge is 0.425 e. The lowest BCUT2D eigenvalue weighted by Crippen LogP contribution is -2.31. The van der Waals surface area contributed by atoms with E-state index < -0.39 is 36.3 Å². The van der Waals surface area contributed by atoms with Crippen LogP contribution in [0.15, 0.2) is 0 Å². The zero-order valence-corrected chi connectivity index (χ0v) is 10.8. The fourth-order valence-electron chi connectivity index (χ4n) is 1.23. The first-order valence-electron chi connectivity index (χ1n) is 5.71. The molecule has 2 atom stereocenters. The van der Waals surface area contributed by atoms with E-state index >= 15 is 0 Å². The first-order chi connectivity index (χ1) is 8.79. The SMILES string of the molecule is CC(C)C(=O)O[C@@H](C)OC(=O)OC1CC(=O)NC1=O. The van der Waals surface area contributed by atoms with Crippen LogP contribution in [0.25, 0.3) is 0 Å². The van der Waals surface area contributed by atoms with Gasteiger partial charge in [0.1, 0.15) is 0 Å². The quantitative estimate of drug-likeness (QED) is 0.439. The molecule has 1 rings (SSSR count). The Labute approximate surface area is 109 Å². The molecule has 1 aliphatic heterocycles. The molecular weight excluding hydrogens is 258 g/mol. The molecule has 1 saturated heterocycles. The second-order valence-corrected chi connectivity index (χ2v) is 4.25. The highest BCUT2D eigenvalue weighted by molar-refractivity contribution is 6.05. The lowest BCUT2D eigenvalue weighted by atomic mass is 10.2. The maximum Gasteiger partial charge on any atom is 0.512 e. The molecule has 0 aliphatic carbocycles. The summed E-state index contributed by atoms with van der Waals surface area (Å²) < 4.78 is 14.0. The molecule has 1 heterocycles. The van der Waals surface area contributed by atoms with Gasteiger partial charge in [-0.2, -0.15) is 0 Å². The molecule has 1 fully saturated rings. The zero-order valence-electron chi connectivity index (χ0n) is 10.8. The van der Waals surface area contributed by atoms with E-state index in [0.717, 1.165) is 0 Å². The van der Waals surface area contributed by atoms with Crippen molar-refractivity contribution in [2.75, 3.05) is 0 Å². The molecule has 0 spiro atoms. The van der Waals surface area contributed by atoms with Crippen LogP contribution in [0.3, 0.4) is 0 Å². The van der Waals surface area contributed by atoms with E-state index in [2.05, 4.69) is 9.47 Å². The Morgan fingerprint density at radius 3 is 2.32 bits per heavy atom. The average Bonchev–Trinajstić information content (AvgIpc) is 2.56. The maximum absolute atomic E-state index is 11.3. The highest BCUT2D eigenvalue weighted by Gasteiger charge is 2.34. The van der Waals surface area contributed by atoms with E-state index in [1.54, 1.807) is 13.8 Å². The molecule has 0 aromatic rings. The third-order valence-corrected chi connectivity index (χ3v) is 2.18. The fraction of sp³-hybridized carbons (Fsp3) is 0.636. The Hall–Kier alpha value is -2.12. The summed E-state index contributed by atoms with van der Waals surface area (Å²) in [7, 11) is 0. The molecule has 19 heavy (non-hydrogen) atoms. The van der Waals surface area contributed by atoms with Gasteiger partial charge in [-0.25, -0.2) is 4.79 Å². The van der Waals surface area contributed by atoms with Crippen LogP contribution in [0.1, 0.15) is 27.2 Å². The zero-order chi connectivity index (χ0) is 14.6. The van der Waals surface area contributed by atoms with Gasteiger partial charge in [0.05, 0.1) is 12.3 Å². The van der Waals surface area contributed by atoms with E-state index in [4.69, 9.17) is 4.74 Å². The summed E-state index contributed by atoms with van der Waals surface area (Å²) in [5, 5.41) is 1.98. The van der Waals surface area contributed by atoms with Crippen molar-refractivity contribution in [1.82, 2.24) is 5.32 Å². The fourth-order valence-corrected chi connectivity index (χ4v) is 1.23. The van der Waals surface area contributed by atoms with Crippen molar-refractivity contribution < 1.29 is 33.4 Å². The molecule has 2 amide bonds. The maximum atomic E-state index is 11.3. The summed E-state index contributed by atoms with van der Waals surface area (Å²) in [5.41, 5.74) is 0. The second-order valence-electron chi connectivity index (χ2n) is 4.25. The highest BCUT2D eigenvalue weighted by Crippen LogP contribution is 2.09. The van der Waals surface area contributed by atoms with Crippen LogP contribution in [-0.2, 0) is 28.6 Å². The molecule has 0 saturated carbocycles. The Morgan fingerprint density at radius 2 is 1.84 bits per heavy atom. The molecule has 106 valence electrons. The molecule has 1 unspecified atom stereocenters. The van der Waals surface area contributed by atoms with Crippen molar-refractivity contribution in [2.45, 2.75) is 39.6 Å². The molecular formula is C11H15NO7. The number of amides is 2. The van der Waals surface area contributed by atoms with Crippen molar-refractivity contribution >= 4 is 23.9 Å². The minimum Gasteiger partial charge on any atom is -0.425 e. The topological polar surface area (TPSA) is 108 Å². The van der Waals surface area contributed by atoms with Gasteiger partial charge >= 0.3 is 12.1 Å². The van der Waals surface area contributed by atoms with Gasteiger partial charge in [-0.05, 0) is 0 Å². The van der Waals surface area contributed by atoms with Crippen LogP contribution in [0.2, 0.25) is 0 Å². The largest absolute Gasteiger partial charge is 0.512 e. The van der Waals surface area contributed by atoms with Crippen molar-refractivity contribution in [3.8, 4) is 0 Å². The normalized spacial score (nSPS) is 19.9. The number of carbonyl (C=O) groups excluding carboxylic acids is 4. The Kier molecular flexibility index (Phi) is 4.85. The molecule has 0 radical (unpaired) electrons. The number of imide groups is 1. The molecule has 8 heteroatoms. The number of carbonyl (C=O) groups is 4. The first-order valence-corrected chi connectivity index (χ1v) is 5.71. The third-order valence-electron chi connectivity index (χ3n) is 2.18. The van der Waals surface area contributed by atoms with E-state index in [1.807, 2.05) is 5.32 Å². The number of nitrogens with one attached hydrogen (secondary N) is 1. The van der Waals surface area contributed by atoms with Crippen molar-refractivity contribution in [2.24, 2.45) is 5.92 Å². The van der Waals surface area contributed by atoms with Gasteiger partial charge in [0, 0.05) is 6.92 Å². The monoisotopic (exact) mass is 273 g/mol. The number of rotatable bonds is 4. The summed E-state index contributed by atoms with van der Waals surface area (Å²) in [6.45, 7) is 4.59. The molecule has 1 N–H and O–H groups in total. The summed E-state index contributed by atoms with van der Waals surface area (Å²) in [6, 6.07) is 0. The second kappa shape index (κ2) is 6.17. The van der Waals surface area contributed by atoms with Crippen LogP contribution in [0, 0.1) is 5.92 Å². The van der Waals surface area contributed by atoms with E-state index in [-0.39, 0.29) is 12.3 Å². The van der Waals surface area contributed by atoms with E-state index in [1.165, 1.54) is 6.92 Å². The van der Waals surface area contributed by atoms with Crippen LogP contribution < -0.4 is 5.32 Å². The lowest BCUT2D eigenvalue weighted by molar-refractivity contribution is -0.173. The van der Waals surface area contributed by atoms with Crippen LogP contribution in [0.5, 0.6) is 0 Å². The van der Waals surface area contributed by atoms with Gasteiger partial charge in [0.25, 0.3) is 5.91 Å². The summed E-state index contributed by atoms with van der Waals surface area (Å²) in [4.78, 5) is 44.5. The van der Waals surface area contributed by atoms with E-state index in [0.29, 0.717) is 0 Å². The molecule has 0 bridgehead atoms. The minimum absolute atomic E-state index is 0.242. The average molecular weight is 273 g/mol. The molecule has 1 aliphatic rings. The molecule has 0 aromatic heterocycles. The summed E-state index contributed by atoms with van der Waals surface area (Å²) in [6.07, 6.45) is -3.76. The number of ether oxygens (including phenoxy) is 3. The van der Waals surface area contributed by atoms with Crippen molar-refractivity contribution in [1.29, 1.82) is 0 Å². The van der Waals surface area contributed by atoms with Crippen molar-refractivity contribution in [3.05, 3.63) is 0 Å². The first kappa shape index (κ1) is 14.9. The van der Waals surface area contributed by atoms with Gasteiger partial charge in [-0.15, -0.1) is 0 Å². The summed E-state index contributed by atoms with van der Waals surface area (Å²) >= 11 is 0. The number of esters is 1. The summed E-state index contributed by atoms with van der Waals surface area (Å²) in [5.74, 6) is -2.12. The van der Waals surface area contributed by atoms with Gasteiger partial charge in [-0.3, -0.25) is 19.7 Å². The van der Waals surface area contributed by atoms with Crippen LogP contribution >= 0.6 is 0 Å². The van der Waals surface area contributed by atoms with Gasteiger partial charge in [0.2, 0.25) is 12.2 Å².